The highest BCUT2D eigenvalue weighted by atomic mass is 127. The van der Waals surface area contributed by atoms with Gasteiger partial charge in [-0.25, -0.2) is 4.99 Å². The van der Waals surface area contributed by atoms with Gasteiger partial charge in [-0.3, -0.25) is 14.8 Å². The monoisotopic (exact) mass is 454 g/mol. The smallest absolute Gasteiger partial charge is 0.252 e. The maximum absolute atomic E-state index is 11.9. The van der Waals surface area contributed by atoms with Gasteiger partial charge in [0.15, 0.2) is 5.96 Å². The van der Waals surface area contributed by atoms with Crippen LogP contribution in [-0.2, 0) is 6.54 Å². The summed E-state index contributed by atoms with van der Waals surface area (Å²) in [7, 11) is 0. The molecule has 0 atom stereocenters. The second kappa shape index (κ2) is 12.2. The minimum Gasteiger partial charge on any atom is -0.357 e. The lowest BCUT2D eigenvalue weighted by Crippen LogP contribution is -2.41. The van der Waals surface area contributed by atoms with E-state index in [1.807, 2.05) is 25.1 Å². The highest BCUT2D eigenvalue weighted by Crippen LogP contribution is 1.95. The van der Waals surface area contributed by atoms with Crippen LogP contribution in [0.5, 0.6) is 0 Å². The maximum Gasteiger partial charge on any atom is 0.252 e. The van der Waals surface area contributed by atoms with Gasteiger partial charge in [-0.1, -0.05) is 6.07 Å². The molecule has 2 aromatic heterocycles. The number of nitrogens with one attached hydrogen (secondary N) is 3. The molecule has 0 aliphatic carbocycles. The molecule has 1 amide bonds. The van der Waals surface area contributed by atoms with Crippen LogP contribution in [0.25, 0.3) is 0 Å². The first-order valence-corrected chi connectivity index (χ1v) is 7.90. The largest absolute Gasteiger partial charge is 0.357 e. The number of carbonyl (C=O) groups excluding carboxylic acids is 1. The fraction of sp³-hybridized carbons (Fsp3) is 0.294. The molecule has 0 aromatic carbocycles. The van der Waals surface area contributed by atoms with Gasteiger partial charge in [0.2, 0.25) is 0 Å². The summed E-state index contributed by atoms with van der Waals surface area (Å²) in [5.41, 5.74) is 1.45. The van der Waals surface area contributed by atoms with E-state index in [2.05, 4.69) is 30.9 Å². The van der Waals surface area contributed by atoms with Crippen molar-refractivity contribution in [1.29, 1.82) is 0 Å². The lowest BCUT2D eigenvalue weighted by atomic mass is 10.3. The number of halogens is 1. The molecule has 0 aliphatic rings. The zero-order valence-electron chi connectivity index (χ0n) is 14.1. The van der Waals surface area contributed by atoms with Gasteiger partial charge in [0, 0.05) is 38.2 Å². The van der Waals surface area contributed by atoms with Crippen LogP contribution in [0.4, 0.5) is 0 Å². The number of nitrogens with zero attached hydrogens (tertiary/aromatic N) is 3. The molecule has 8 heteroatoms. The van der Waals surface area contributed by atoms with E-state index in [4.69, 9.17) is 0 Å². The van der Waals surface area contributed by atoms with E-state index < -0.39 is 0 Å². The highest BCUT2D eigenvalue weighted by molar-refractivity contribution is 14.0. The number of hydrogen-bond donors (Lipinski definition) is 3. The van der Waals surface area contributed by atoms with E-state index in [0.29, 0.717) is 31.2 Å². The maximum atomic E-state index is 11.9. The molecule has 2 heterocycles. The molecule has 7 nitrogen and oxygen atoms in total. The first-order chi connectivity index (χ1) is 11.8. The molecular formula is C17H23IN6O. The third-order valence-electron chi connectivity index (χ3n) is 3.10. The van der Waals surface area contributed by atoms with Crippen molar-refractivity contribution >= 4 is 35.8 Å². The molecule has 0 saturated heterocycles. The topological polar surface area (TPSA) is 91.3 Å². The third-order valence-corrected chi connectivity index (χ3v) is 3.10. The molecule has 2 rings (SSSR count). The van der Waals surface area contributed by atoms with E-state index in [9.17, 15) is 4.79 Å². The molecule has 3 N–H and O–H groups in total. The van der Waals surface area contributed by atoms with Crippen molar-refractivity contribution in [1.82, 2.24) is 25.9 Å². The molecule has 2 aromatic rings. The third kappa shape index (κ3) is 7.92. The van der Waals surface area contributed by atoms with Crippen molar-refractivity contribution < 1.29 is 4.79 Å². The van der Waals surface area contributed by atoms with Gasteiger partial charge in [-0.15, -0.1) is 24.0 Å². The van der Waals surface area contributed by atoms with Crippen LogP contribution in [0.15, 0.2) is 53.9 Å². The fourth-order valence-electron chi connectivity index (χ4n) is 1.95. The Balaban J connectivity index is 0.00000312. The zero-order chi connectivity index (χ0) is 17.0. The summed E-state index contributed by atoms with van der Waals surface area (Å²) in [6.45, 7) is 4.32. The second-order valence-corrected chi connectivity index (χ2v) is 4.94. The van der Waals surface area contributed by atoms with Crippen LogP contribution < -0.4 is 16.0 Å². The van der Waals surface area contributed by atoms with Gasteiger partial charge < -0.3 is 16.0 Å². The Labute approximate surface area is 164 Å². The van der Waals surface area contributed by atoms with Crippen molar-refractivity contribution in [2.45, 2.75) is 13.5 Å². The van der Waals surface area contributed by atoms with Crippen LogP contribution in [0.3, 0.4) is 0 Å². The van der Waals surface area contributed by atoms with Crippen molar-refractivity contribution in [3.05, 3.63) is 60.2 Å². The van der Waals surface area contributed by atoms with E-state index >= 15 is 0 Å². The Kier molecular flexibility index (Phi) is 10.1. The Hall–Kier alpha value is -2.23. The molecule has 0 radical (unpaired) electrons. The molecule has 25 heavy (non-hydrogen) atoms. The number of guanidine groups is 1. The van der Waals surface area contributed by atoms with E-state index in [-0.39, 0.29) is 29.9 Å². The quantitative estimate of drug-likeness (QED) is 0.256. The minimum atomic E-state index is -0.139. The standard InChI is InChI=1S/C17H22N6O.HI/c1-2-19-17(23-13-15-7-3-4-9-20-15)22-11-10-21-16(24)14-6-5-8-18-12-14;/h3-9,12H,2,10-11,13H2,1H3,(H,21,24)(H2,19,22,23);1H. The number of aromatic nitrogens is 2. The van der Waals surface area contributed by atoms with Crippen molar-refractivity contribution in [3.8, 4) is 0 Å². The lowest BCUT2D eigenvalue weighted by molar-refractivity contribution is 0.0954. The number of amides is 1. The SMILES string of the molecule is CCNC(=NCc1ccccn1)NCCNC(=O)c1cccnc1.I. The van der Waals surface area contributed by atoms with E-state index in [1.54, 1.807) is 30.7 Å². The normalized spacial score (nSPS) is 10.5. The number of pyridine rings is 2. The highest BCUT2D eigenvalue weighted by Gasteiger charge is 2.04. The van der Waals surface area contributed by atoms with Crippen molar-refractivity contribution in [2.24, 2.45) is 4.99 Å². The van der Waals surface area contributed by atoms with Gasteiger partial charge in [0.1, 0.15) is 0 Å². The van der Waals surface area contributed by atoms with E-state index in [1.165, 1.54) is 0 Å². The van der Waals surface area contributed by atoms with Gasteiger partial charge in [-0.05, 0) is 31.2 Å². The van der Waals surface area contributed by atoms with Gasteiger partial charge in [0.25, 0.3) is 5.91 Å². The molecule has 0 spiro atoms. The van der Waals surface area contributed by atoms with Crippen LogP contribution >= 0.6 is 24.0 Å². The van der Waals surface area contributed by atoms with Crippen LogP contribution in [-0.4, -0.2) is 41.5 Å². The van der Waals surface area contributed by atoms with Crippen LogP contribution in [0.2, 0.25) is 0 Å². The number of carbonyl (C=O) groups is 1. The fourth-order valence-corrected chi connectivity index (χ4v) is 1.95. The zero-order valence-corrected chi connectivity index (χ0v) is 16.4. The van der Waals surface area contributed by atoms with Crippen LogP contribution in [0.1, 0.15) is 23.0 Å². The summed E-state index contributed by atoms with van der Waals surface area (Å²) in [5.74, 6) is 0.555. The predicted molar refractivity (Wildman–Crippen MR) is 109 cm³/mol. The summed E-state index contributed by atoms with van der Waals surface area (Å²) in [5, 5.41) is 9.17. The lowest BCUT2D eigenvalue weighted by Gasteiger charge is -2.11. The summed E-state index contributed by atoms with van der Waals surface area (Å²) >= 11 is 0. The summed E-state index contributed by atoms with van der Waals surface area (Å²) in [4.78, 5) is 24.5. The Morgan fingerprint density at radius 1 is 1.08 bits per heavy atom. The summed E-state index contributed by atoms with van der Waals surface area (Å²) < 4.78 is 0. The molecule has 0 unspecified atom stereocenters. The summed E-state index contributed by atoms with van der Waals surface area (Å²) in [6, 6.07) is 9.21. The predicted octanol–water partition coefficient (Wildman–Crippen LogP) is 1.58. The van der Waals surface area contributed by atoms with Gasteiger partial charge >= 0.3 is 0 Å². The first-order valence-electron chi connectivity index (χ1n) is 7.90. The van der Waals surface area contributed by atoms with Gasteiger partial charge in [0.05, 0.1) is 17.8 Å². The van der Waals surface area contributed by atoms with Crippen molar-refractivity contribution in [2.75, 3.05) is 19.6 Å². The molecule has 0 aliphatic heterocycles. The molecule has 0 saturated carbocycles. The van der Waals surface area contributed by atoms with Gasteiger partial charge in [-0.2, -0.15) is 0 Å². The summed E-state index contributed by atoms with van der Waals surface area (Å²) in [6.07, 6.45) is 4.93. The average molecular weight is 454 g/mol. The Bertz CT molecular complexity index is 651. The second-order valence-electron chi connectivity index (χ2n) is 4.94. The minimum absolute atomic E-state index is 0. The molecule has 0 fully saturated rings. The number of aliphatic imine (C=N–C) groups is 1. The Morgan fingerprint density at radius 3 is 2.60 bits per heavy atom. The molecule has 0 bridgehead atoms. The molecular weight excluding hydrogens is 431 g/mol. The van der Waals surface area contributed by atoms with Crippen molar-refractivity contribution in [3.63, 3.8) is 0 Å². The molecule has 134 valence electrons. The Morgan fingerprint density at radius 2 is 1.92 bits per heavy atom. The average Bonchev–Trinajstić information content (AvgIpc) is 2.64. The number of rotatable bonds is 7. The number of hydrogen-bond acceptors (Lipinski definition) is 4. The first kappa shape index (κ1) is 20.8. The van der Waals surface area contributed by atoms with E-state index in [0.717, 1.165) is 12.2 Å². The van der Waals surface area contributed by atoms with Crippen LogP contribution in [0, 0.1) is 0 Å².